The van der Waals surface area contributed by atoms with Crippen molar-refractivity contribution < 1.29 is 9.59 Å². The van der Waals surface area contributed by atoms with Crippen LogP contribution in [0.1, 0.15) is 32.1 Å². The highest BCUT2D eigenvalue weighted by atomic mass is 35.5. The molecule has 0 spiro atoms. The monoisotopic (exact) mass is 321 g/mol. The van der Waals surface area contributed by atoms with E-state index >= 15 is 0 Å². The fraction of sp³-hybridized carbons (Fsp3) is 0.500. The van der Waals surface area contributed by atoms with Crippen molar-refractivity contribution in [2.75, 3.05) is 11.4 Å². The molecule has 1 saturated carbocycles. The smallest absolute Gasteiger partial charge is 0.249 e. The molecule has 22 heavy (non-hydrogen) atoms. The number of benzene rings is 1. The molecule has 1 aliphatic carbocycles. The van der Waals surface area contributed by atoms with Crippen molar-refractivity contribution in [1.29, 1.82) is 0 Å². The molecule has 5 nitrogen and oxygen atoms in total. The second kappa shape index (κ2) is 5.89. The van der Waals surface area contributed by atoms with E-state index in [-0.39, 0.29) is 11.8 Å². The number of nitrogens with one attached hydrogen (secondary N) is 1. The Bertz CT molecular complexity index is 599. The molecule has 0 bridgehead atoms. The highest BCUT2D eigenvalue weighted by molar-refractivity contribution is 6.34. The largest absolute Gasteiger partial charge is 0.343 e. The third-order valence-electron chi connectivity index (χ3n) is 4.60. The summed E-state index contributed by atoms with van der Waals surface area (Å²) >= 11 is 6.15. The zero-order chi connectivity index (χ0) is 15.7. The van der Waals surface area contributed by atoms with Crippen LogP contribution in [0.5, 0.6) is 0 Å². The van der Waals surface area contributed by atoms with E-state index in [1.54, 1.807) is 11.0 Å². The van der Waals surface area contributed by atoms with E-state index in [0.717, 1.165) is 12.8 Å². The van der Waals surface area contributed by atoms with Gasteiger partial charge in [0.1, 0.15) is 6.04 Å². The molecule has 118 valence electrons. The SMILES string of the molecule is NC1(C(=O)NC2CCN(c3ccccc3Cl)C2=O)CCCC1. The molecular formula is C16H20ClN3O2. The quantitative estimate of drug-likeness (QED) is 0.892. The molecule has 1 atom stereocenters. The number of hydrogen-bond acceptors (Lipinski definition) is 3. The number of hydrogen-bond donors (Lipinski definition) is 2. The Morgan fingerprint density at radius 3 is 2.68 bits per heavy atom. The van der Waals surface area contributed by atoms with Crippen LogP contribution >= 0.6 is 11.6 Å². The predicted molar refractivity (Wildman–Crippen MR) is 85.7 cm³/mol. The Hall–Kier alpha value is -1.59. The number of rotatable bonds is 3. The number of para-hydroxylation sites is 1. The van der Waals surface area contributed by atoms with Gasteiger partial charge in [-0.05, 0) is 31.4 Å². The molecule has 1 aliphatic heterocycles. The van der Waals surface area contributed by atoms with E-state index in [2.05, 4.69) is 5.32 Å². The number of anilines is 1. The zero-order valence-electron chi connectivity index (χ0n) is 12.3. The molecule has 0 radical (unpaired) electrons. The minimum absolute atomic E-state index is 0.122. The molecule has 2 fully saturated rings. The van der Waals surface area contributed by atoms with Gasteiger partial charge in [-0.1, -0.05) is 36.6 Å². The Balaban J connectivity index is 1.69. The lowest BCUT2D eigenvalue weighted by molar-refractivity contribution is -0.130. The van der Waals surface area contributed by atoms with Gasteiger partial charge in [-0.15, -0.1) is 0 Å². The summed E-state index contributed by atoms with van der Waals surface area (Å²) < 4.78 is 0. The van der Waals surface area contributed by atoms with Crippen LogP contribution in [0, 0.1) is 0 Å². The van der Waals surface area contributed by atoms with Gasteiger partial charge in [-0.25, -0.2) is 0 Å². The van der Waals surface area contributed by atoms with E-state index in [0.29, 0.717) is 36.5 Å². The van der Waals surface area contributed by atoms with Crippen molar-refractivity contribution in [3.8, 4) is 0 Å². The van der Waals surface area contributed by atoms with Gasteiger partial charge in [-0.3, -0.25) is 9.59 Å². The topological polar surface area (TPSA) is 75.4 Å². The van der Waals surface area contributed by atoms with Crippen LogP contribution in [0.4, 0.5) is 5.69 Å². The van der Waals surface area contributed by atoms with Crippen LogP contribution < -0.4 is 16.0 Å². The maximum absolute atomic E-state index is 12.5. The lowest BCUT2D eigenvalue weighted by atomic mass is 9.97. The van der Waals surface area contributed by atoms with Crippen LogP contribution in [0.15, 0.2) is 24.3 Å². The Morgan fingerprint density at radius 2 is 2.00 bits per heavy atom. The number of carbonyl (C=O) groups is 2. The number of nitrogens with two attached hydrogens (primary N) is 1. The number of nitrogens with zero attached hydrogens (tertiary/aromatic N) is 1. The first kappa shape index (κ1) is 15.3. The fourth-order valence-corrected chi connectivity index (χ4v) is 3.50. The Labute approximate surface area is 134 Å². The van der Waals surface area contributed by atoms with Crippen molar-refractivity contribution in [3.05, 3.63) is 29.3 Å². The standard InChI is InChI=1S/C16H20ClN3O2/c17-11-5-1-2-6-13(11)20-10-7-12(14(20)21)19-15(22)16(18)8-3-4-9-16/h1-2,5-6,12H,3-4,7-10,18H2,(H,19,22). The third kappa shape index (κ3) is 2.71. The van der Waals surface area contributed by atoms with Crippen molar-refractivity contribution in [2.45, 2.75) is 43.7 Å². The van der Waals surface area contributed by atoms with Crippen molar-refractivity contribution in [1.82, 2.24) is 5.32 Å². The van der Waals surface area contributed by atoms with Gasteiger partial charge in [0.2, 0.25) is 11.8 Å². The number of amides is 2. The van der Waals surface area contributed by atoms with Crippen LogP contribution in [-0.2, 0) is 9.59 Å². The Kier molecular flexibility index (Phi) is 4.10. The van der Waals surface area contributed by atoms with Crippen LogP contribution in [0.3, 0.4) is 0 Å². The third-order valence-corrected chi connectivity index (χ3v) is 4.92. The lowest BCUT2D eigenvalue weighted by Gasteiger charge is -2.24. The highest BCUT2D eigenvalue weighted by Gasteiger charge is 2.41. The molecule has 2 amide bonds. The first-order valence-electron chi connectivity index (χ1n) is 7.67. The zero-order valence-corrected chi connectivity index (χ0v) is 13.1. The van der Waals surface area contributed by atoms with E-state index in [9.17, 15) is 9.59 Å². The maximum atomic E-state index is 12.5. The van der Waals surface area contributed by atoms with Gasteiger partial charge in [0.05, 0.1) is 16.2 Å². The van der Waals surface area contributed by atoms with Crippen molar-refractivity contribution in [3.63, 3.8) is 0 Å². The van der Waals surface area contributed by atoms with Crippen molar-refractivity contribution in [2.24, 2.45) is 5.73 Å². The molecule has 1 heterocycles. The van der Waals surface area contributed by atoms with Crippen LogP contribution in [0.25, 0.3) is 0 Å². The highest BCUT2D eigenvalue weighted by Crippen LogP contribution is 2.30. The van der Waals surface area contributed by atoms with Gasteiger partial charge in [0.15, 0.2) is 0 Å². The first-order chi connectivity index (χ1) is 10.5. The molecule has 1 aromatic rings. The molecule has 1 saturated heterocycles. The minimum atomic E-state index is -0.807. The number of halogens is 1. The lowest BCUT2D eigenvalue weighted by Crippen LogP contribution is -2.55. The van der Waals surface area contributed by atoms with Gasteiger partial charge in [0.25, 0.3) is 0 Å². The second-order valence-electron chi connectivity index (χ2n) is 6.12. The minimum Gasteiger partial charge on any atom is -0.343 e. The summed E-state index contributed by atoms with van der Waals surface area (Å²) in [6.07, 6.45) is 3.89. The normalized spacial score (nSPS) is 23.8. The molecule has 1 aromatic carbocycles. The predicted octanol–water partition coefficient (Wildman–Crippen LogP) is 1.83. The first-order valence-corrected chi connectivity index (χ1v) is 8.05. The Morgan fingerprint density at radius 1 is 1.32 bits per heavy atom. The number of carbonyl (C=O) groups excluding carboxylic acids is 2. The summed E-state index contributed by atoms with van der Waals surface area (Å²) in [6.45, 7) is 0.547. The molecule has 3 N–H and O–H groups in total. The summed E-state index contributed by atoms with van der Waals surface area (Å²) in [5.74, 6) is -0.326. The van der Waals surface area contributed by atoms with Crippen LogP contribution in [-0.4, -0.2) is 29.9 Å². The second-order valence-corrected chi connectivity index (χ2v) is 6.53. The molecule has 3 rings (SSSR count). The van der Waals surface area contributed by atoms with E-state index < -0.39 is 11.6 Å². The van der Waals surface area contributed by atoms with Gasteiger partial charge in [0, 0.05) is 6.54 Å². The van der Waals surface area contributed by atoms with Gasteiger partial charge < -0.3 is 16.0 Å². The van der Waals surface area contributed by atoms with Gasteiger partial charge in [-0.2, -0.15) is 0 Å². The average molecular weight is 322 g/mol. The maximum Gasteiger partial charge on any atom is 0.249 e. The van der Waals surface area contributed by atoms with E-state index in [4.69, 9.17) is 17.3 Å². The van der Waals surface area contributed by atoms with E-state index in [1.807, 2.05) is 18.2 Å². The summed E-state index contributed by atoms with van der Waals surface area (Å²) in [5.41, 5.74) is 6.02. The summed E-state index contributed by atoms with van der Waals surface area (Å²) in [7, 11) is 0. The van der Waals surface area contributed by atoms with Crippen LogP contribution in [0.2, 0.25) is 5.02 Å². The molecule has 1 unspecified atom stereocenters. The van der Waals surface area contributed by atoms with Crippen molar-refractivity contribution >= 4 is 29.1 Å². The average Bonchev–Trinajstić information content (AvgIpc) is 3.09. The summed E-state index contributed by atoms with van der Waals surface area (Å²) in [5, 5.41) is 3.37. The van der Waals surface area contributed by atoms with Gasteiger partial charge >= 0.3 is 0 Å². The molecule has 6 heteroatoms. The molecular weight excluding hydrogens is 302 g/mol. The molecule has 0 aromatic heterocycles. The van der Waals surface area contributed by atoms with E-state index in [1.165, 1.54) is 0 Å². The summed E-state index contributed by atoms with van der Waals surface area (Å²) in [6, 6.07) is 6.72. The summed E-state index contributed by atoms with van der Waals surface area (Å²) in [4.78, 5) is 26.5. The molecule has 2 aliphatic rings. The fourth-order valence-electron chi connectivity index (χ4n) is 3.26.